The molecule has 0 bridgehead atoms. The summed E-state index contributed by atoms with van der Waals surface area (Å²) in [5, 5.41) is 0. The largest absolute Gasteiger partial charge is 0.240 e. The minimum Gasteiger partial charge on any atom is -0.207 e. The Morgan fingerprint density at radius 2 is 1.68 bits per heavy atom. The molecule has 1 heterocycles. The van der Waals surface area contributed by atoms with E-state index in [4.69, 9.17) is 0 Å². The van der Waals surface area contributed by atoms with E-state index in [0.29, 0.717) is 18.0 Å². The Labute approximate surface area is 113 Å². The normalized spacial score (nSPS) is 11.4. The average Bonchev–Trinajstić information content (AvgIpc) is 2.40. The number of rotatable bonds is 5. The summed E-state index contributed by atoms with van der Waals surface area (Å²) in [7, 11) is -3.41. The predicted octanol–water partition coefficient (Wildman–Crippen LogP) is 1.26. The third kappa shape index (κ3) is 3.87. The summed E-state index contributed by atoms with van der Waals surface area (Å²) in [6.07, 6.45) is 3.81. The lowest BCUT2D eigenvalue weighted by atomic mass is 10.2. The molecule has 19 heavy (non-hydrogen) atoms. The van der Waals surface area contributed by atoms with E-state index in [1.165, 1.54) is 0 Å². The molecule has 0 aliphatic heterocycles. The molecular formula is C14H17N2O2S+. The standard InChI is InChI=1S/C14H17N2O2S/c1-13-5-7-14(8-6-13)19(17,18)15-9-12-16-10-3-2-4-11-16/h2-8,10-11,15H,9,12H2,1H3/q+1. The summed E-state index contributed by atoms with van der Waals surface area (Å²) in [6, 6.07) is 12.6. The van der Waals surface area contributed by atoms with Gasteiger partial charge in [-0.05, 0) is 19.1 Å². The summed E-state index contributed by atoms with van der Waals surface area (Å²) < 4.78 is 28.5. The van der Waals surface area contributed by atoms with Gasteiger partial charge in [-0.3, -0.25) is 0 Å². The lowest BCUT2D eigenvalue weighted by Gasteiger charge is -2.05. The fraction of sp³-hybridized carbons (Fsp3) is 0.214. The molecular weight excluding hydrogens is 260 g/mol. The van der Waals surface area contributed by atoms with Crippen LogP contribution < -0.4 is 9.29 Å². The van der Waals surface area contributed by atoms with Crippen molar-refractivity contribution < 1.29 is 13.0 Å². The van der Waals surface area contributed by atoms with Crippen molar-refractivity contribution in [3.8, 4) is 0 Å². The van der Waals surface area contributed by atoms with Gasteiger partial charge in [-0.25, -0.2) is 17.7 Å². The van der Waals surface area contributed by atoms with Crippen molar-refractivity contribution >= 4 is 10.0 Å². The van der Waals surface area contributed by atoms with Gasteiger partial charge in [-0.15, -0.1) is 0 Å². The number of sulfonamides is 1. The monoisotopic (exact) mass is 277 g/mol. The van der Waals surface area contributed by atoms with Crippen molar-refractivity contribution in [2.75, 3.05) is 6.54 Å². The lowest BCUT2D eigenvalue weighted by molar-refractivity contribution is -0.694. The fourth-order valence-corrected chi connectivity index (χ4v) is 2.71. The number of hydrogen-bond acceptors (Lipinski definition) is 2. The molecule has 2 rings (SSSR count). The maximum atomic E-state index is 12.0. The second kappa shape index (κ2) is 5.95. The smallest absolute Gasteiger partial charge is 0.207 e. The van der Waals surface area contributed by atoms with E-state index in [0.717, 1.165) is 5.56 Å². The van der Waals surface area contributed by atoms with Crippen LogP contribution in [0.2, 0.25) is 0 Å². The predicted molar refractivity (Wildman–Crippen MR) is 73.0 cm³/mol. The van der Waals surface area contributed by atoms with Crippen molar-refractivity contribution in [3.05, 3.63) is 60.4 Å². The van der Waals surface area contributed by atoms with Crippen molar-refractivity contribution in [1.82, 2.24) is 4.72 Å². The van der Waals surface area contributed by atoms with Gasteiger partial charge in [-0.1, -0.05) is 23.8 Å². The highest BCUT2D eigenvalue weighted by Gasteiger charge is 2.13. The third-order valence-electron chi connectivity index (χ3n) is 2.77. The maximum absolute atomic E-state index is 12.0. The van der Waals surface area contributed by atoms with E-state index in [1.54, 1.807) is 24.3 Å². The molecule has 2 aromatic rings. The Kier molecular flexibility index (Phi) is 4.29. The second-order valence-electron chi connectivity index (χ2n) is 4.32. The van der Waals surface area contributed by atoms with Crippen molar-refractivity contribution in [2.24, 2.45) is 0 Å². The molecule has 0 amide bonds. The number of hydrogen-bond donors (Lipinski definition) is 1. The van der Waals surface area contributed by atoms with Crippen molar-refractivity contribution in [3.63, 3.8) is 0 Å². The number of nitrogens with zero attached hydrogens (tertiary/aromatic N) is 1. The Hall–Kier alpha value is -1.72. The first-order chi connectivity index (χ1) is 9.08. The molecule has 0 aliphatic rings. The molecule has 0 fully saturated rings. The van der Waals surface area contributed by atoms with Crippen LogP contribution in [-0.4, -0.2) is 15.0 Å². The minimum atomic E-state index is -3.41. The summed E-state index contributed by atoms with van der Waals surface area (Å²) in [6.45, 7) is 2.90. The molecule has 0 atom stereocenters. The Bertz CT molecular complexity index is 622. The van der Waals surface area contributed by atoms with Crippen molar-refractivity contribution in [1.29, 1.82) is 0 Å². The van der Waals surface area contributed by atoms with Crippen LogP contribution in [0.3, 0.4) is 0 Å². The summed E-state index contributed by atoms with van der Waals surface area (Å²) >= 11 is 0. The van der Waals surface area contributed by atoms with Gasteiger partial charge in [0.15, 0.2) is 18.9 Å². The Morgan fingerprint density at radius 3 is 2.32 bits per heavy atom. The first-order valence-corrected chi connectivity index (χ1v) is 7.57. The van der Waals surface area contributed by atoms with Gasteiger partial charge in [0.05, 0.1) is 11.4 Å². The van der Waals surface area contributed by atoms with E-state index >= 15 is 0 Å². The molecule has 4 nitrogen and oxygen atoms in total. The topological polar surface area (TPSA) is 50.1 Å². The van der Waals surface area contributed by atoms with Crippen LogP contribution in [-0.2, 0) is 16.6 Å². The highest BCUT2D eigenvalue weighted by molar-refractivity contribution is 7.89. The molecule has 0 saturated carbocycles. The lowest BCUT2D eigenvalue weighted by Crippen LogP contribution is -2.39. The molecule has 0 spiro atoms. The van der Waals surface area contributed by atoms with Gasteiger partial charge in [0.1, 0.15) is 0 Å². The zero-order valence-corrected chi connectivity index (χ0v) is 11.6. The molecule has 0 radical (unpaired) electrons. The summed E-state index contributed by atoms with van der Waals surface area (Å²) in [5.41, 5.74) is 1.04. The molecule has 100 valence electrons. The maximum Gasteiger partial charge on any atom is 0.240 e. The number of aromatic nitrogens is 1. The summed E-state index contributed by atoms with van der Waals surface area (Å²) in [5.74, 6) is 0. The van der Waals surface area contributed by atoms with Gasteiger partial charge < -0.3 is 0 Å². The van der Waals surface area contributed by atoms with E-state index < -0.39 is 10.0 Å². The van der Waals surface area contributed by atoms with E-state index in [-0.39, 0.29) is 0 Å². The fourth-order valence-electron chi connectivity index (χ4n) is 1.69. The van der Waals surface area contributed by atoms with Gasteiger partial charge in [-0.2, -0.15) is 0 Å². The minimum absolute atomic E-state index is 0.302. The Balaban J connectivity index is 1.97. The van der Waals surface area contributed by atoms with Crippen molar-refractivity contribution in [2.45, 2.75) is 18.4 Å². The quantitative estimate of drug-likeness (QED) is 0.837. The number of benzene rings is 1. The first-order valence-electron chi connectivity index (χ1n) is 6.08. The summed E-state index contributed by atoms with van der Waals surface area (Å²) in [4.78, 5) is 0.302. The van der Waals surface area contributed by atoms with Crippen LogP contribution in [0, 0.1) is 6.92 Å². The van der Waals surface area contributed by atoms with E-state index in [1.807, 2.05) is 42.1 Å². The average molecular weight is 277 g/mol. The Morgan fingerprint density at radius 1 is 1.05 bits per heavy atom. The van der Waals surface area contributed by atoms with Crippen LogP contribution in [0.1, 0.15) is 5.56 Å². The van der Waals surface area contributed by atoms with Crippen LogP contribution in [0.4, 0.5) is 0 Å². The van der Waals surface area contributed by atoms with Crippen LogP contribution in [0.25, 0.3) is 0 Å². The molecule has 1 aromatic carbocycles. The van der Waals surface area contributed by atoms with Crippen LogP contribution in [0.5, 0.6) is 0 Å². The third-order valence-corrected chi connectivity index (χ3v) is 4.25. The van der Waals surface area contributed by atoms with E-state index in [9.17, 15) is 8.42 Å². The van der Waals surface area contributed by atoms with Gasteiger partial charge in [0, 0.05) is 12.1 Å². The SMILES string of the molecule is Cc1ccc(S(=O)(=O)NCC[n+]2ccccc2)cc1. The van der Waals surface area contributed by atoms with E-state index in [2.05, 4.69) is 4.72 Å². The first kappa shape index (κ1) is 13.7. The molecule has 0 saturated heterocycles. The molecule has 5 heteroatoms. The van der Waals surface area contributed by atoms with Gasteiger partial charge >= 0.3 is 0 Å². The highest BCUT2D eigenvalue weighted by Crippen LogP contribution is 2.09. The molecule has 1 aromatic heterocycles. The number of pyridine rings is 1. The van der Waals surface area contributed by atoms with Gasteiger partial charge in [0.25, 0.3) is 0 Å². The number of aryl methyl sites for hydroxylation is 1. The van der Waals surface area contributed by atoms with Crippen LogP contribution in [0.15, 0.2) is 59.8 Å². The molecule has 0 unspecified atom stereocenters. The van der Waals surface area contributed by atoms with Gasteiger partial charge in [0.2, 0.25) is 10.0 Å². The second-order valence-corrected chi connectivity index (χ2v) is 6.09. The number of nitrogens with one attached hydrogen (secondary N) is 1. The molecule has 0 aliphatic carbocycles. The zero-order chi connectivity index (χ0) is 13.7. The van der Waals surface area contributed by atoms with Crippen LogP contribution >= 0.6 is 0 Å². The highest BCUT2D eigenvalue weighted by atomic mass is 32.2. The zero-order valence-electron chi connectivity index (χ0n) is 10.8. The molecule has 1 N–H and O–H groups in total.